The van der Waals surface area contributed by atoms with Gasteiger partial charge in [-0.3, -0.25) is 4.68 Å². The molecule has 2 heterocycles. The Kier molecular flexibility index (Phi) is 6.57. The summed E-state index contributed by atoms with van der Waals surface area (Å²) in [7, 11) is -2.35. The van der Waals surface area contributed by atoms with Crippen molar-refractivity contribution in [1.29, 1.82) is 0 Å². The first-order valence-corrected chi connectivity index (χ1v) is 13.8. The number of sulfonamides is 1. The van der Waals surface area contributed by atoms with Crippen molar-refractivity contribution >= 4 is 21.6 Å². The van der Waals surface area contributed by atoms with Crippen molar-refractivity contribution in [1.82, 2.24) is 23.9 Å². The number of hydrogen-bond donors (Lipinski definition) is 1. The SMILES string of the molecule is Cc1nn(C)c(Cl)c1S(=O)(=O)N(CCO)C[C@H]1CCC2=C1[C@@H](C)c1cnn(-c3ccc(F)cc3)c1C2. The first kappa shape index (κ1) is 25.1. The molecule has 0 amide bonds. The summed E-state index contributed by atoms with van der Waals surface area (Å²) in [6.45, 7) is 3.70. The minimum atomic E-state index is -3.95. The van der Waals surface area contributed by atoms with Crippen LogP contribution in [0.3, 0.4) is 0 Å². The van der Waals surface area contributed by atoms with Crippen LogP contribution < -0.4 is 0 Å². The lowest BCUT2D eigenvalue weighted by atomic mass is 9.80. The Bertz CT molecular complexity index is 1440. The Hall–Kier alpha value is -2.53. The van der Waals surface area contributed by atoms with Crippen molar-refractivity contribution in [3.63, 3.8) is 0 Å². The van der Waals surface area contributed by atoms with Crippen LogP contribution in [0.1, 0.15) is 42.6 Å². The smallest absolute Gasteiger partial charge is 0.248 e. The Morgan fingerprint density at radius 2 is 2.00 bits per heavy atom. The molecule has 11 heteroatoms. The molecule has 0 bridgehead atoms. The Morgan fingerprint density at radius 3 is 2.64 bits per heavy atom. The fourth-order valence-corrected chi connectivity index (χ4v) is 7.96. The Morgan fingerprint density at radius 1 is 1.28 bits per heavy atom. The number of halogens is 2. The number of aliphatic hydroxyl groups is 1. The van der Waals surface area contributed by atoms with E-state index in [1.807, 2.05) is 10.9 Å². The van der Waals surface area contributed by atoms with Crippen LogP contribution in [0.4, 0.5) is 4.39 Å². The van der Waals surface area contributed by atoms with Gasteiger partial charge >= 0.3 is 0 Å². The molecule has 192 valence electrons. The fourth-order valence-electron chi connectivity index (χ4n) is 5.78. The van der Waals surface area contributed by atoms with Gasteiger partial charge in [-0.1, -0.05) is 29.7 Å². The summed E-state index contributed by atoms with van der Waals surface area (Å²) in [5.41, 5.74) is 5.90. The van der Waals surface area contributed by atoms with Crippen LogP contribution in [0.2, 0.25) is 5.15 Å². The van der Waals surface area contributed by atoms with E-state index in [0.717, 1.165) is 36.2 Å². The van der Waals surface area contributed by atoms with Crippen molar-refractivity contribution in [3.8, 4) is 5.69 Å². The molecule has 8 nitrogen and oxygen atoms in total. The van der Waals surface area contributed by atoms with Crippen LogP contribution in [-0.4, -0.2) is 57.1 Å². The summed E-state index contributed by atoms with van der Waals surface area (Å²) in [4.78, 5) is -0.00753. The zero-order chi connectivity index (χ0) is 25.8. The number of aryl methyl sites for hydroxylation is 2. The molecular weight excluding hydrogens is 505 g/mol. The van der Waals surface area contributed by atoms with E-state index in [-0.39, 0.29) is 47.4 Å². The van der Waals surface area contributed by atoms with Gasteiger partial charge in [-0.05, 0) is 49.9 Å². The third-order valence-electron chi connectivity index (χ3n) is 7.40. The first-order valence-electron chi connectivity index (χ1n) is 12.0. The van der Waals surface area contributed by atoms with E-state index in [0.29, 0.717) is 5.69 Å². The van der Waals surface area contributed by atoms with Gasteiger partial charge in [-0.15, -0.1) is 0 Å². The van der Waals surface area contributed by atoms with E-state index in [1.165, 1.54) is 32.3 Å². The lowest BCUT2D eigenvalue weighted by molar-refractivity contribution is 0.243. The van der Waals surface area contributed by atoms with E-state index in [4.69, 9.17) is 11.6 Å². The fraction of sp³-hybridized carbons (Fsp3) is 0.440. The zero-order valence-electron chi connectivity index (χ0n) is 20.4. The molecule has 2 aliphatic carbocycles. The van der Waals surface area contributed by atoms with E-state index in [2.05, 4.69) is 17.1 Å². The van der Waals surface area contributed by atoms with Gasteiger partial charge in [0.15, 0.2) is 0 Å². The van der Waals surface area contributed by atoms with Gasteiger partial charge in [-0.25, -0.2) is 17.5 Å². The molecule has 3 aromatic rings. The number of aliphatic hydroxyl groups excluding tert-OH is 1. The number of rotatable bonds is 7. The topological polar surface area (TPSA) is 93.2 Å². The van der Waals surface area contributed by atoms with Gasteiger partial charge in [-0.2, -0.15) is 14.5 Å². The molecule has 2 atom stereocenters. The molecule has 0 unspecified atom stereocenters. The molecule has 0 spiro atoms. The third-order valence-corrected chi connectivity index (χ3v) is 9.96. The lowest BCUT2D eigenvalue weighted by Crippen LogP contribution is -2.38. The molecule has 0 aliphatic heterocycles. The second-order valence-electron chi connectivity index (χ2n) is 9.54. The maximum Gasteiger partial charge on any atom is 0.248 e. The number of fused-ring (bicyclic) bond motifs is 1. The molecule has 0 saturated carbocycles. The highest BCUT2D eigenvalue weighted by Gasteiger charge is 2.39. The average molecular weight is 534 g/mol. The standard InChI is InChI=1S/C25H29ClFN5O3S/c1-15-21-13-28-32(20-8-6-19(27)7-9-20)22(21)12-17-4-5-18(23(15)17)14-31(10-11-33)36(34,35)24-16(2)29-30(3)25(24)26/h6-9,13,15,18,33H,4-5,10-12,14H2,1-3H3/t15-,18+/m0/s1. The van der Waals surface area contributed by atoms with E-state index in [1.54, 1.807) is 26.1 Å². The second kappa shape index (κ2) is 9.41. The summed E-state index contributed by atoms with van der Waals surface area (Å²) in [6.07, 6.45) is 4.30. The number of allylic oxidation sites excluding steroid dienone is 1. The molecule has 2 aromatic heterocycles. The maximum atomic E-state index is 13.6. The molecule has 1 N–H and O–H groups in total. The van der Waals surface area contributed by atoms with Crippen molar-refractivity contribution in [2.24, 2.45) is 13.0 Å². The van der Waals surface area contributed by atoms with Gasteiger partial charge in [0.1, 0.15) is 15.9 Å². The molecule has 5 rings (SSSR count). The molecular formula is C25H29ClFN5O3S. The number of benzene rings is 1. The predicted molar refractivity (Wildman–Crippen MR) is 134 cm³/mol. The van der Waals surface area contributed by atoms with Gasteiger partial charge in [0.2, 0.25) is 10.0 Å². The second-order valence-corrected chi connectivity index (χ2v) is 11.8. The van der Waals surface area contributed by atoms with Crippen molar-refractivity contribution in [2.45, 2.75) is 43.9 Å². The maximum absolute atomic E-state index is 13.6. The van der Waals surface area contributed by atoms with E-state index < -0.39 is 10.0 Å². The summed E-state index contributed by atoms with van der Waals surface area (Å²) >= 11 is 6.30. The van der Waals surface area contributed by atoms with Gasteiger partial charge in [0.05, 0.1) is 29.9 Å². The molecule has 36 heavy (non-hydrogen) atoms. The highest BCUT2D eigenvalue weighted by molar-refractivity contribution is 7.89. The molecule has 2 aliphatic rings. The summed E-state index contributed by atoms with van der Waals surface area (Å²) in [5.74, 6) is -0.191. The molecule has 0 saturated heterocycles. The van der Waals surface area contributed by atoms with E-state index in [9.17, 15) is 17.9 Å². The summed E-state index contributed by atoms with van der Waals surface area (Å²) in [6, 6.07) is 6.30. The first-order chi connectivity index (χ1) is 17.1. The highest BCUT2D eigenvalue weighted by Crippen LogP contribution is 2.47. The van der Waals surface area contributed by atoms with Gasteiger partial charge < -0.3 is 5.11 Å². The van der Waals surface area contributed by atoms with E-state index >= 15 is 0 Å². The monoisotopic (exact) mass is 533 g/mol. The Balaban J connectivity index is 1.44. The summed E-state index contributed by atoms with van der Waals surface area (Å²) in [5, 5.41) is 18.5. The van der Waals surface area contributed by atoms with Crippen LogP contribution in [0.25, 0.3) is 5.69 Å². The molecule has 1 aromatic carbocycles. The number of aromatic nitrogens is 4. The van der Waals surface area contributed by atoms with Crippen LogP contribution in [0, 0.1) is 18.7 Å². The van der Waals surface area contributed by atoms with Crippen molar-refractivity contribution in [3.05, 3.63) is 69.5 Å². The molecule has 0 fully saturated rings. The molecule has 0 radical (unpaired) electrons. The minimum absolute atomic E-state index is 0.00753. The Labute approximate surface area is 215 Å². The summed E-state index contributed by atoms with van der Waals surface area (Å²) < 4.78 is 45.2. The third kappa shape index (κ3) is 4.09. The van der Waals surface area contributed by atoms with Crippen LogP contribution in [-0.2, 0) is 23.5 Å². The number of hydrogen-bond acceptors (Lipinski definition) is 5. The van der Waals surface area contributed by atoms with Gasteiger partial charge in [0.25, 0.3) is 0 Å². The van der Waals surface area contributed by atoms with Gasteiger partial charge in [0, 0.05) is 38.0 Å². The van der Waals surface area contributed by atoms with Crippen LogP contribution in [0.15, 0.2) is 46.5 Å². The normalized spacial score (nSPS) is 19.8. The van der Waals surface area contributed by atoms with Crippen molar-refractivity contribution < 1.29 is 17.9 Å². The predicted octanol–water partition coefficient (Wildman–Crippen LogP) is 3.76. The van der Waals surface area contributed by atoms with Crippen LogP contribution in [0.5, 0.6) is 0 Å². The average Bonchev–Trinajstić information content (AvgIpc) is 3.50. The van der Waals surface area contributed by atoms with Crippen molar-refractivity contribution in [2.75, 3.05) is 19.7 Å². The minimum Gasteiger partial charge on any atom is -0.395 e. The highest BCUT2D eigenvalue weighted by atomic mass is 35.5. The quantitative estimate of drug-likeness (QED) is 0.467. The zero-order valence-corrected chi connectivity index (χ0v) is 22.0. The van der Waals surface area contributed by atoms with Crippen LogP contribution >= 0.6 is 11.6 Å². The lowest BCUT2D eigenvalue weighted by Gasteiger charge is -2.30. The largest absolute Gasteiger partial charge is 0.395 e. The number of nitrogens with zero attached hydrogens (tertiary/aromatic N) is 5.